The van der Waals surface area contributed by atoms with Gasteiger partial charge in [0, 0.05) is 61.2 Å². The zero-order chi connectivity index (χ0) is 37.6. The molecule has 0 radical (unpaired) electrons. The molecule has 0 unspecified atom stereocenters. The van der Waals surface area contributed by atoms with Gasteiger partial charge >= 0.3 is 0 Å². The molecule has 3 heterocycles. The molecular weight excluding hydrogens is 669 g/mol. The van der Waals surface area contributed by atoms with E-state index in [2.05, 4.69) is 84.5 Å². The van der Waals surface area contributed by atoms with Crippen LogP contribution < -0.4 is 10.6 Å². The number of benzene rings is 4. The monoisotopic (exact) mass is 718 g/mol. The molecule has 0 spiro atoms. The van der Waals surface area contributed by atoms with Crippen molar-refractivity contribution in [1.29, 1.82) is 0 Å². The van der Waals surface area contributed by atoms with Crippen molar-refractivity contribution >= 4 is 33.6 Å². The molecule has 4 aromatic carbocycles. The number of para-hydroxylation sites is 2. The Labute approximate surface area is 318 Å². The maximum Gasteiger partial charge on any atom is 0.252 e. The second-order valence-corrected chi connectivity index (χ2v) is 14.7. The molecule has 1 aliphatic heterocycles. The molecule has 8 heteroatoms. The van der Waals surface area contributed by atoms with Crippen LogP contribution in [0.25, 0.3) is 44.3 Å². The van der Waals surface area contributed by atoms with Gasteiger partial charge in [0.05, 0.1) is 33.5 Å². The van der Waals surface area contributed by atoms with Crippen LogP contribution in [0.1, 0.15) is 55.8 Å². The molecule has 0 aliphatic carbocycles. The van der Waals surface area contributed by atoms with Gasteiger partial charge in [-0.3, -0.25) is 9.59 Å². The predicted molar refractivity (Wildman–Crippen MR) is 220 cm³/mol. The first-order valence-electron chi connectivity index (χ1n) is 19.2. The van der Waals surface area contributed by atoms with Crippen LogP contribution in [0.15, 0.2) is 97.1 Å². The molecule has 1 saturated heterocycles. The maximum atomic E-state index is 13.5. The molecule has 276 valence electrons. The number of carbonyl (C=O) groups is 2. The molecule has 2 N–H and O–H groups in total. The molecule has 7 rings (SSSR count). The molecule has 0 saturated carbocycles. The molecule has 2 aromatic heterocycles. The lowest BCUT2D eigenvalue weighted by Gasteiger charge is -2.34. The number of nitrogens with zero attached hydrogens (tertiary/aromatic N) is 4. The second-order valence-electron chi connectivity index (χ2n) is 14.7. The number of piperazine rings is 1. The third kappa shape index (κ3) is 8.51. The predicted octanol–water partition coefficient (Wildman–Crippen LogP) is 7.91. The summed E-state index contributed by atoms with van der Waals surface area (Å²) < 4.78 is 0. The van der Waals surface area contributed by atoms with Gasteiger partial charge in [0.25, 0.3) is 11.8 Å². The van der Waals surface area contributed by atoms with E-state index in [4.69, 9.17) is 9.97 Å². The topological polar surface area (TPSA) is 90.5 Å². The Morgan fingerprint density at radius 1 is 0.556 bits per heavy atom. The molecule has 0 bridgehead atoms. The fourth-order valence-corrected chi connectivity index (χ4v) is 7.64. The first-order valence-corrected chi connectivity index (χ1v) is 19.2. The van der Waals surface area contributed by atoms with Gasteiger partial charge in [0.2, 0.25) is 0 Å². The molecule has 2 amide bonds. The third-order valence-corrected chi connectivity index (χ3v) is 10.6. The summed E-state index contributed by atoms with van der Waals surface area (Å²) in [5.41, 5.74) is 11.4. The maximum absolute atomic E-state index is 13.5. The van der Waals surface area contributed by atoms with Crippen molar-refractivity contribution in [2.24, 2.45) is 0 Å². The van der Waals surface area contributed by atoms with Crippen LogP contribution in [0.5, 0.6) is 0 Å². The van der Waals surface area contributed by atoms with Gasteiger partial charge in [-0.25, -0.2) is 9.97 Å². The number of rotatable bonds is 12. The first-order chi connectivity index (χ1) is 26.2. The number of amides is 2. The van der Waals surface area contributed by atoms with E-state index < -0.39 is 0 Å². The van der Waals surface area contributed by atoms with Crippen molar-refractivity contribution in [1.82, 2.24) is 30.4 Å². The van der Waals surface area contributed by atoms with Crippen LogP contribution in [0.2, 0.25) is 0 Å². The lowest BCUT2D eigenvalue weighted by Crippen LogP contribution is -2.47. The Morgan fingerprint density at radius 3 is 1.37 bits per heavy atom. The Bertz CT molecular complexity index is 2150. The number of aromatic nitrogens is 2. The van der Waals surface area contributed by atoms with Crippen molar-refractivity contribution in [3.63, 3.8) is 0 Å². The normalized spacial score (nSPS) is 13.7. The van der Waals surface area contributed by atoms with Gasteiger partial charge in [0.1, 0.15) is 0 Å². The highest BCUT2D eigenvalue weighted by molar-refractivity contribution is 6.08. The zero-order valence-electron chi connectivity index (χ0n) is 31.9. The van der Waals surface area contributed by atoms with Gasteiger partial charge in [-0.05, 0) is 89.0 Å². The van der Waals surface area contributed by atoms with E-state index in [1.165, 1.54) is 11.1 Å². The minimum atomic E-state index is -0.0598. The van der Waals surface area contributed by atoms with E-state index in [1.54, 1.807) is 0 Å². The lowest BCUT2D eigenvalue weighted by molar-refractivity contribution is 0.0936. The fraction of sp³-hybridized carbons (Fsp3) is 0.304. The summed E-state index contributed by atoms with van der Waals surface area (Å²) in [6.07, 6.45) is 1.78. The highest BCUT2D eigenvalue weighted by atomic mass is 16.2. The van der Waals surface area contributed by atoms with Crippen molar-refractivity contribution in [2.45, 2.75) is 40.5 Å². The highest BCUT2D eigenvalue weighted by Crippen LogP contribution is 2.29. The Hall–Kier alpha value is -5.44. The zero-order valence-corrected chi connectivity index (χ0v) is 31.9. The van der Waals surface area contributed by atoms with Crippen molar-refractivity contribution in [2.75, 3.05) is 52.4 Å². The van der Waals surface area contributed by atoms with Crippen LogP contribution in [0, 0.1) is 27.7 Å². The van der Waals surface area contributed by atoms with E-state index in [0.717, 1.165) is 108 Å². The summed E-state index contributed by atoms with van der Waals surface area (Å²) in [5, 5.41) is 8.10. The van der Waals surface area contributed by atoms with Crippen molar-refractivity contribution in [3.8, 4) is 22.5 Å². The number of fused-ring (bicyclic) bond motifs is 2. The summed E-state index contributed by atoms with van der Waals surface area (Å²) in [5.74, 6) is -0.120. The lowest BCUT2D eigenvalue weighted by atomic mass is 9.99. The Kier molecular flexibility index (Phi) is 11.4. The smallest absolute Gasteiger partial charge is 0.252 e. The Morgan fingerprint density at radius 2 is 0.963 bits per heavy atom. The molecule has 54 heavy (non-hydrogen) atoms. The molecule has 1 aliphatic rings. The summed E-state index contributed by atoms with van der Waals surface area (Å²) in [7, 11) is 0. The summed E-state index contributed by atoms with van der Waals surface area (Å²) >= 11 is 0. The number of hydrogen-bond donors (Lipinski definition) is 2. The van der Waals surface area contributed by atoms with Gasteiger partial charge in [-0.15, -0.1) is 0 Å². The standard InChI is InChI=1S/C46H50N6O2/c1-31-15-17-35(33(3)27-31)43-29-39(37-11-5-7-13-41(37)49-43)45(53)47-19-9-21-51-23-25-52(26-24-51)22-10-20-48-46(54)40-30-44(36-18-16-32(2)28-34(36)4)50-42-14-8-6-12-38(40)42/h5-8,11-18,27-30H,9-10,19-26H2,1-4H3,(H,47,53)(H,48,54). The second kappa shape index (κ2) is 16.7. The molecule has 6 aromatic rings. The van der Waals surface area contributed by atoms with Gasteiger partial charge in [-0.1, -0.05) is 83.9 Å². The van der Waals surface area contributed by atoms with E-state index >= 15 is 0 Å². The van der Waals surface area contributed by atoms with Crippen LogP contribution in [0.4, 0.5) is 0 Å². The van der Waals surface area contributed by atoms with Gasteiger partial charge in [0.15, 0.2) is 0 Å². The number of carbonyl (C=O) groups excluding carboxylic acids is 2. The van der Waals surface area contributed by atoms with E-state index in [1.807, 2.05) is 60.7 Å². The molecule has 1 fully saturated rings. The van der Waals surface area contributed by atoms with E-state index in [-0.39, 0.29) is 11.8 Å². The Balaban J connectivity index is 0.859. The average molecular weight is 719 g/mol. The number of nitrogens with one attached hydrogen (secondary N) is 2. The van der Waals surface area contributed by atoms with Crippen LogP contribution >= 0.6 is 0 Å². The minimum absolute atomic E-state index is 0.0598. The van der Waals surface area contributed by atoms with Crippen LogP contribution in [0.3, 0.4) is 0 Å². The average Bonchev–Trinajstić information content (AvgIpc) is 3.17. The number of aryl methyl sites for hydroxylation is 4. The van der Waals surface area contributed by atoms with Crippen molar-refractivity contribution < 1.29 is 9.59 Å². The van der Waals surface area contributed by atoms with E-state index in [9.17, 15) is 9.59 Å². The van der Waals surface area contributed by atoms with Gasteiger partial charge < -0.3 is 20.4 Å². The fourth-order valence-electron chi connectivity index (χ4n) is 7.64. The number of hydrogen-bond acceptors (Lipinski definition) is 6. The third-order valence-electron chi connectivity index (χ3n) is 10.6. The molecule has 8 nitrogen and oxygen atoms in total. The SMILES string of the molecule is Cc1ccc(-c2cc(C(=O)NCCCN3CCN(CCCNC(=O)c4cc(-c5ccc(C)cc5C)nc5ccccc45)CC3)c3ccccc3n2)c(C)c1. The van der Waals surface area contributed by atoms with Crippen molar-refractivity contribution in [3.05, 3.63) is 130 Å². The molecular formula is C46H50N6O2. The number of pyridine rings is 2. The summed E-state index contributed by atoms with van der Waals surface area (Å²) in [6.45, 7) is 15.5. The van der Waals surface area contributed by atoms with Crippen LogP contribution in [-0.2, 0) is 0 Å². The largest absolute Gasteiger partial charge is 0.352 e. The minimum Gasteiger partial charge on any atom is -0.352 e. The van der Waals surface area contributed by atoms with Gasteiger partial charge in [-0.2, -0.15) is 0 Å². The quantitative estimate of drug-likeness (QED) is 0.125. The first kappa shape index (κ1) is 36.9. The summed E-state index contributed by atoms with van der Waals surface area (Å²) in [6, 6.07) is 32.3. The molecule has 0 atom stereocenters. The summed E-state index contributed by atoms with van der Waals surface area (Å²) in [4.78, 5) is 41.7. The van der Waals surface area contributed by atoms with E-state index in [0.29, 0.717) is 24.2 Å². The highest BCUT2D eigenvalue weighted by Gasteiger charge is 2.19. The van der Waals surface area contributed by atoms with Crippen LogP contribution in [-0.4, -0.2) is 83.9 Å².